The van der Waals surface area contributed by atoms with Gasteiger partial charge in [-0.3, -0.25) is 0 Å². The number of imidazole rings is 1. The number of nitrogens with zero attached hydrogens (tertiary/aromatic N) is 2. The maximum atomic E-state index is 11.9. The van der Waals surface area contributed by atoms with E-state index in [0.717, 1.165) is 0 Å². The highest BCUT2D eigenvalue weighted by atomic mass is 32.2. The second kappa shape index (κ2) is 4.73. The number of likely N-dealkylation sites (N-methyl/N-ethyl adjacent to an activating group) is 1. The first-order valence-corrected chi connectivity index (χ1v) is 6.09. The molecule has 1 aromatic rings. The van der Waals surface area contributed by atoms with Crippen LogP contribution < -0.4 is 0 Å². The number of hydrogen-bond acceptors (Lipinski definition) is 4. The van der Waals surface area contributed by atoms with E-state index < -0.39 is 10.0 Å². The van der Waals surface area contributed by atoms with E-state index in [1.807, 2.05) is 0 Å². The molecular formula is C8H15N3O3S. The van der Waals surface area contributed by atoms with Crippen molar-refractivity contribution < 1.29 is 13.5 Å². The summed E-state index contributed by atoms with van der Waals surface area (Å²) in [5, 5.41) is 8.82. The Morgan fingerprint density at radius 1 is 1.60 bits per heavy atom. The smallest absolute Gasteiger partial charge is 0.260 e. The Kier molecular flexibility index (Phi) is 3.83. The van der Waals surface area contributed by atoms with Crippen LogP contribution >= 0.6 is 0 Å². The molecule has 1 rings (SSSR count). The van der Waals surface area contributed by atoms with Gasteiger partial charge in [0.05, 0.1) is 12.8 Å². The monoisotopic (exact) mass is 233 g/mol. The van der Waals surface area contributed by atoms with Gasteiger partial charge in [0.15, 0.2) is 5.03 Å². The van der Waals surface area contributed by atoms with Crippen molar-refractivity contribution in [2.75, 3.05) is 19.7 Å². The van der Waals surface area contributed by atoms with Gasteiger partial charge in [-0.2, -0.15) is 4.31 Å². The lowest BCUT2D eigenvalue weighted by Gasteiger charge is -2.17. The molecule has 1 heterocycles. The van der Waals surface area contributed by atoms with Gasteiger partial charge in [-0.1, -0.05) is 6.92 Å². The van der Waals surface area contributed by atoms with Crippen molar-refractivity contribution in [3.63, 3.8) is 0 Å². The van der Waals surface area contributed by atoms with Crippen LogP contribution in [-0.4, -0.2) is 47.5 Å². The number of aliphatic hydroxyl groups is 1. The number of aromatic nitrogens is 2. The molecule has 2 N–H and O–H groups in total. The highest BCUT2D eigenvalue weighted by Gasteiger charge is 2.24. The Morgan fingerprint density at radius 2 is 2.27 bits per heavy atom. The number of aliphatic hydroxyl groups excluding tert-OH is 1. The molecule has 0 aliphatic rings. The summed E-state index contributed by atoms with van der Waals surface area (Å²) in [5.41, 5.74) is 0. The van der Waals surface area contributed by atoms with Gasteiger partial charge in [-0.25, -0.2) is 13.4 Å². The summed E-state index contributed by atoms with van der Waals surface area (Å²) in [5.74, 6) is 0.550. The molecule has 0 spiro atoms. The lowest BCUT2D eigenvalue weighted by Crippen LogP contribution is -2.33. The van der Waals surface area contributed by atoms with Gasteiger partial charge in [-0.05, 0) is 6.92 Å². The minimum absolute atomic E-state index is 0.0651. The Balaban J connectivity index is 3.00. The summed E-state index contributed by atoms with van der Waals surface area (Å²) < 4.78 is 25.0. The molecule has 0 amide bonds. The molecule has 0 aliphatic heterocycles. The first kappa shape index (κ1) is 12.2. The summed E-state index contributed by atoms with van der Waals surface area (Å²) in [4.78, 5) is 6.50. The predicted octanol–water partition coefficient (Wildman–Crippen LogP) is -0.279. The van der Waals surface area contributed by atoms with Crippen LogP contribution in [0.25, 0.3) is 0 Å². The number of sulfonamides is 1. The zero-order chi connectivity index (χ0) is 11.5. The Hall–Kier alpha value is -0.920. The molecule has 0 aromatic carbocycles. The van der Waals surface area contributed by atoms with Crippen LogP contribution in [0.3, 0.4) is 0 Å². The molecule has 0 saturated carbocycles. The van der Waals surface area contributed by atoms with Gasteiger partial charge in [-0.15, -0.1) is 0 Å². The molecule has 6 nitrogen and oxygen atoms in total. The largest absolute Gasteiger partial charge is 0.395 e. The fraction of sp³-hybridized carbons (Fsp3) is 0.625. The second-order valence-corrected chi connectivity index (χ2v) is 4.96. The van der Waals surface area contributed by atoms with Crippen molar-refractivity contribution in [3.05, 3.63) is 12.0 Å². The lowest BCUT2D eigenvalue weighted by molar-refractivity contribution is 0.257. The first-order valence-electron chi connectivity index (χ1n) is 4.65. The minimum atomic E-state index is -3.54. The fourth-order valence-corrected chi connectivity index (χ4v) is 2.63. The van der Waals surface area contributed by atoms with E-state index in [1.165, 1.54) is 10.5 Å². The van der Waals surface area contributed by atoms with Crippen LogP contribution in [-0.2, 0) is 10.0 Å². The van der Waals surface area contributed by atoms with E-state index in [-0.39, 0.29) is 18.2 Å². The highest BCUT2D eigenvalue weighted by molar-refractivity contribution is 7.89. The number of nitrogens with one attached hydrogen (secondary N) is 1. The van der Waals surface area contributed by atoms with E-state index in [1.54, 1.807) is 13.8 Å². The van der Waals surface area contributed by atoms with Gasteiger partial charge >= 0.3 is 0 Å². The molecule has 0 aliphatic carbocycles. The molecule has 0 saturated heterocycles. The first-order chi connectivity index (χ1) is 7.02. The van der Waals surface area contributed by atoms with Crippen molar-refractivity contribution >= 4 is 10.0 Å². The third-order valence-electron chi connectivity index (χ3n) is 2.00. The molecule has 15 heavy (non-hydrogen) atoms. The Morgan fingerprint density at radius 3 is 2.67 bits per heavy atom. The minimum Gasteiger partial charge on any atom is -0.395 e. The van der Waals surface area contributed by atoms with Gasteiger partial charge in [0.1, 0.15) is 5.82 Å². The maximum absolute atomic E-state index is 11.9. The zero-order valence-electron chi connectivity index (χ0n) is 8.77. The summed E-state index contributed by atoms with van der Waals surface area (Å²) >= 11 is 0. The standard InChI is InChI=1S/C8H15N3O3S/c1-3-11(4-5-12)15(13,14)8-6-9-7(2)10-8/h6,12H,3-5H2,1-2H3,(H,9,10). The van der Waals surface area contributed by atoms with E-state index in [2.05, 4.69) is 9.97 Å². The SMILES string of the molecule is CCN(CCO)S(=O)(=O)c1cnc(C)[nH]1. The quantitative estimate of drug-likeness (QED) is 0.732. The number of aromatic amines is 1. The van der Waals surface area contributed by atoms with Gasteiger partial charge in [0.25, 0.3) is 10.0 Å². The van der Waals surface area contributed by atoms with Crippen molar-refractivity contribution in [3.8, 4) is 0 Å². The molecular weight excluding hydrogens is 218 g/mol. The number of H-pyrrole nitrogens is 1. The topological polar surface area (TPSA) is 86.3 Å². The number of hydrogen-bond donors (Lipinski definition) is 2. The Labute approximate surface area is 89.0 Å². The van der Waals surface area contributed by atoms with Crippen LogP contribution in [0.2, 0.25) is 0 Å². The zero-order valence-corrected chi connectivity index (χ0v) is 9.58. The van der Waals surface area contributed by atoms with Crippen LogP contribution in [0, 0.1) is 6.92 Å². The summed E-state index contributed by atoms with van der Waals surface area (Å²) in [6.07, 6.45) is 1.28. The van der Waals surface area contributed by atoms with Crippen molar-refractivity contribution in [2.24, 2.45) is 0 Å². The lowest BCUT2D eigenvalue weighted by atomic mass is 10.6. The molecule has 1 aromatic heterocycles. The van der Waals surface area contributed by atoms with Crippen LogP contribution in [0.4, 0.5) is 0 Å². The van der Waals surface area contributed by atoms with Crippen LogP contribution in [0.5, 0.6) is 0 Å². The molecule has 0 fully saturated rings. The van der Waals surface area contributed by atoms with Gasteiger partial charge in [0, 0.05) is 13.1 Å². The molecule has 0 radical (unpaired) electrons. The summed E-state index contributed by atoms with van der Waals surface area (Å²) in [6.45, 7) is 3.62. The highest BCUT2D eigenvalue weighted by Crippen LogP contribution is 2.12. The van der Waals surface area contributed by atoms with Crippen LogP contribution in [0.15, 0.2) is 11.2 Å². The summed E-state index contributed by atoms with van der Waals surface area (Å²) in [6, 6.07) is 0. The van der Waals surface area contributed by atoms with Crippen LogP contribution in [0.1, 0.15) is 12.7 Å². The normalized spacial score (nSPS) is 12.3. The predicted molar refractivity (Wildman–Crippen MR) is 54.8 cm³/mol. The average Bonchev–Trinajstić information content (AvgIpc) is 2.61. The van der Waals surface area contributed by atoms with Gasteiger partial charge in [0.2, 0.25) is 0 Å². The molecule has 0 bridgehead atoms. The van der Waals surface area contributed by atoms with E-state index in [0.29, 0.717) is 12.4 Å². The van der Waals surface area contributed by atoms with E-state index in [9.17, 15) is 8.42 Å². The second-order valence-electron chi connectivity index (χ2n) is 3.05. The maximum Gasteiger partial charge on any atom is 0.260 e. The Bertz CT molecular complexity index is 413. The van der Waals surface area contributed by atoms with Crippen molar-refractivity contribution in [2.45, 2.75) is 18.9 Å². The molecule has 7 heteroatoms. The average molecular weight is 233 g/mol. The third kappa shape index (κ3) is 2.55. The summed E-state index contributed by atoms with van der Waals surface area (Å²) in [7, 11) is -3.54. The molecule has 86 valence electrons. The van der Waals surface area contributed by atoms with E-state index in [4.69, 9.17) is 5.11 Å². The number of rotatable bonds is 5. The van der Waals surface area contributed by atoms with Crippen molar-refractivity contribution in [1.82, 2.24) is 14.3 Å². The van der Waals surface area contributed by atoms with E-state index >= 15 is 0 Å². The van der Waals surface area contributed by atoms with Crippen molar-refractivity contribution in [1.29, 1.82) is 0 Å². The number of aryl methyl sites for hydroxylation is 1. The fourth-order valence-electron chi connectivity index (χ4n) is 1.23. The van der Waals surface area contributed by atoms with Gasteiger partial charge < -0.3 is 10.1 Å². The molecule has 0 atom stereocenters. The third-order valence-corrected chi connectivity index (χ3v) is 3.88. The molecule has 0 unspecified atom stereocenters.